The van der Waals surface area contributed by atoms with Crippen molar-refractivity contribution in [1.82, 2.24) is 0 Å². The maximum atomic E-state index is 3.32. The lowest BCUT2D eigenvalue weighted by Crippen LogP contribution is -2.17. The van der Waals surface area contributed by atoms with E-state index in [0.29, 0.717) is 0 Å². The first kappa shape index (κ1) is 7.83. The van der Waals surface area contributed by atoms with Crippen LogP contribution in [0.3, 0.4) is 0 Å². The fourth-order valence-corrected chi connectivity index (χ4v) is 2.38. The molecule has 2 aromatic rings. The zero-order chi connectivity index (χ0) is 9.38. The predicted octanol–water partition coefficient (Wildman–Crippen LogP) is 1.74. The van der Waals surface area contributed by atoms with Crippen LogP contribution in [0.4, 0.5) is 5.69 Å². The van der Waals surface area contributed by atoms with Crippen molar-refractivity contribution in [3.05, 3.63) is 51.0 Å². The third kappa shape index (κ3) is 1.16. The summed E-state index contributed by atoms with van der Waals surface area (Å²) in [5, 5.41) is 6.74. The Labute approximate surface area is 86.0 Å². The Bertz CT molecular complexity index is 580. The van der Waals surface area contributed by atoms with Gasteiger partial charge in [-0.15, -0.1) is 11.3 Å². The van der Waals surface area contributed by atoms with Gasteiger partial charge in [-0.1, -0.05) is 18.2 Å². The Hall–Kier alpha value is -1.54. The topological polar surface area (TPSA) is 12.0 Å². The van der Waals surface area contributed by atoms with E-state index in [9.17, 15) is 0 Å². The van der Waals surface area contributed by atoms with Crippen molar-refractivity contribution >= 4 is 29.3 Å². The van der Waals surface area contributed by atoms with Crippen LogP contribution in [0.5, 0.6) is 0 Å². The molecular formula is C12H9NS. The lowest BCUT2D eigenvalue weighted by Gasteiger charge is -2.02. The first-order chi connectivity index (χ1) is 6.93. The molecule has 1 N–H and O–H groups in total. The fraction of sp³-hybridized carbons (Fsp3) is 0. The maximum Gasteiger partial charge on any atom is 0.0503 e. The van der Waals surface area contributed by atoms with Crippen molar-refractivity contribution in [2.75, 3.05) is 5.32 Å². The van der Waals surface area contributed by atoms with Crippen LogP contribution >= 0.6 is 11.3 Å². The van der Waals surface area contributed by atoms with Gasteiger partial charge in [0.1, 0.15) is 0 Å². The van der Waals surface area contributed by atoms with Gasteiger partial charge < -0.3 is 5.32 Å². The highest BCUT2D eigenvalue weighted by molar-refractivity contribution is 7.07. The van der Waals surface area contributed by atoms with Crippen LogP contribution in [-0.2, 0) is 0 Å². The van der Waals surface area contributed by atoms with Gasteiger partial charge >= 0.3 is 0 Å². The summed E-state index contributed by atoms with van der Waals surface area (Å²) in [6, 6.07) is 10.5. The molecule has 0 aliphatic carbocycles. The standard InChI is InChI=1S/C12H9NS/c1-2-4-11-9(3-1)7-10-5-6-14-12(10)8-13-11/h1-8,13H. The molecule has 14 heavy (non-hydrogen) atoms. The average Bonchev–Trinajstić information content (AvgIpc) is 2.58. The molecule has 2 heterocycles. The molecule has 0 fully saturated rings. The van der Waals surface area contributed by atoms with E-state index in [-0.39, 0.29) is 0 Å². The van der Waals surface area contributed by atoms with Crippen LogP contribution in [0, 0.1) is 0 Å². The maximum absolute atomic E-state index is 3.32. The third-order valence-corrected chi connectivity index (χ3v) is 3.24. The molecule has 3 rings (SSSR count). The van der Waals surface area contributed by atoms with Crippen LogP contribution in [0.25, 0.3) is 12.3 Å². The van der Waals surface area contributed by atoms with Crippen molar-refractivity contribution in [1.29, 1.82) is 0 Å². The van der Waals surface area contributed by atoms with Gasteiger partial charge in [-0.05, 0) is 34.4 Å². The molecule has 0 bridgehead atoms. The van der Waals surface area contributed by atoms with E-state index in [2.05, 4.69) is 47.2 Å². The molecule has 0 unspecified atom stereocenters. The van der Waals surface area contributed by atoms with E-state index in [1.807, 2.05) is 6.07 Å². The van der Waals surface area contributed by atoms with Crippen LogP contribution < -0.4 is 15.1 Å². The van der Waals surface area contributed by atoms with Gasteiger partial charge in [-0.2, -0.15) is 0 Å². The second-order valence-electron chi connectivity index (χ2n) is 3.26. The lowest BCUT2D eigenvalue weighted by molar-refractivity contribution is 1.61. The van der Waals surface area contributed by atoms with Crippen LogP contribution in [0.15, 0.2) is 35.7 Å². The number of thiophene rings is 1. The van der Waals surface area contributed by atoms with Crippen molar-refractivity contribution in [2.24, 2.45) is 0 Å². The highest BCUT2D eigenvalue weighted by Crippen LogP contribution is 2.16. The smallest absolute Gasteiger partial charge is 0.0503 e. The Morgan fingerprint density at radius 2 is 2.00 bits per heavy atom. The number of hydrogen-bond donors (Lipinski definition) is 1. The van der Waals surface area contributed by atoms with E-state index >= 15 is 0 Å². The summed E-state index contributed by atoms with van der Waals surface area (Å²) >= 11 is 1.76. The van der Waals surface area contributed by atoms with Crippen molar-refractivity contribution in [3.8, 4) is 0 Å². The molecule has 1 aromatic heterocycles. The first-order valence-corrected chi connectivity index (χ1v) is 5.42. The highest BCUT2D eigenvalue weighted by atomic mass is 32.1. The van der Waals surface area contributed by atoms with E-state index in [1.165, 1.54) is 21.0 Å². The molecule has 1 nitrogen and oxygen atoms in total. The summed E-state index contributed by atoms with van der Waals surface area (Å²) in [7, 11) is 0. The molecule has 0 amide bonds. The number of hydrogen-bond acceptors (Lipinski definition) is 2. The van der Waals surface area contributed by atoms with Crippen LogP contribution in [-0.4, -0.2) is 0 Å². The largest absolute Gasteiger partial charge is 0.360 e. The van der Waals surface area contributed by atoms with Crippen molar-refractivity contribution in [3.63, 3.8) is 0 Å². The monoisotopic (exact) mass is 199 g/mol. The highest BCUT2D eigenvalue weighted by Gasteiger charge is 2.00. The molecule has 1 aromatic carbocycles. The number of para-hydroxylation sites is 1. The molecule has 1 aliphatic rings. The number of benzene rings is 1. The molecule has 0 atom stereocenters. The van der Waals surface area contributed by atoms with E-state index < -0.39 is 0 Å². The minimum atomic E-state index is 1.18. The third-order valence-electron chi connectivity index (χ3n) is 2.36. The second-order valence-corrected chi connectivity index (χ2v) is 4.21. The summed E-state index contributed by atoms with van der Waals surface area (Å²) in [5.41, 5.74) is 2.43. The summed E-state index contributed by atoms with van der Waals surface area (Å²) in [4.78, 5) is 0. The second kappa shape index (κ2) is 3.00. The lowest BCUT2D eigenvalue weighted by atomic mass is 10.1. The van der Waals surface area contributed by atoms with Gasteiger partial charge in [0.25, 0.3) is 0 Å². The Morgan fingerprint density at radius 3 is 3.00 bits per heavy atom. The normalized spacial score (nSPS) is 12.6. The summed E-state index contributed by atoms with van der Waals surface area (Å²) in [6.07, 6.45) is 4.29. The molecule has 0 spiro atoms. The number of anilines is 1. The Morgan fingerprint density at radius 1 is 1.07 bits per heavy atom. The first-order valence-electron chi connectivity index (χ1n) is 4.54. The van der Waals surface area contributed by atoms with Gasteiger partial charge in [-0.25, -0.2) is 0 Å². The van der Waals surface area contributed by atoms with Crippen LogP contribution in [0.2, 0.25) is 0 Å². The SMILES string of the molecule is C1=c2ccsc2=CNc2ccccc21. The number of rotatable bonds is 0. The van der Waals surface area contributed by atoms with E-state index in [4.69, 9.17) is 0 Å². The minimum absolute atomic E-state index is 1.18. The summed E-state index contributed by atoms with van der Waals surface area (Å²) in [6.45, 7) is 0. The Balaban J connectivity index is 2.36. The molecule has 2 heteroatoms. The van der Waals surface area contributed by atoms with Crippen LogP contribution in [0.1, 0.15) is 5.56 Å². The van der Waals surface area contributed by atoms with Crippen molar-refractivity contribution in [2.45, 2.75) is 0 Å². The summed E-state index contributed by atoms with van der Waals surface area (Å²) < 4.78 is 1.29. The van der Waals surface area contributed by atoms with Gasteiger partial charge in [0.05, 0.1) is 4.53 Å². The molecule has 0 radical (unpaired) electrons. The molecular weight excluding hydrogens is 190 g/mol. The summed E-state index contributed by atoms with van der Waals surface area (Å²) in [5.74, 6) is 0. The predicted molar refractivity (Wildman–Crippen MR) is 61.7 cm³/mol. The minimum Gasteiger partial charge on any atom is -0.360 e. The van der Waals surface area contributed by atoms with E-state index in [1.54, 1.807) is 11.3 Å². The number of nitrogens with one attached hydrogen (secondary N) is 1. The zero-order valence-electron chi connectivity index (χ0n) is 7.53. The quantitative estimate of drug-likeness (QED) is 0.681. The van der Waals surface area contributed by atoms with Gasteiger partial charge in [0, 0.05) is 11.9 Å². The Kier molecular flexibility index (Phi) is 1.67. The zero-order valence-corrected chi connectivity index (χ0v) is 8.34. The average molecular weight is 199 g/mol. The molecule has 0 saturated carbocycles. The van der Waals surface area contributed by atoms with Gasteiger partial charge in [-0.3, -0.25) is 0 Å². The number of fused-ring (bicyclic) bond motifs is 2. The van der Waals surface area contributed by atoms with Crippen molar-refractivity contribution < 1.29 is 0 Å². The molecule has 0 saturated heterocycles. The van der Waals surface area contributed by atoms with Gasteiger partial charge in [0.2, 0.25) is 0 Å². The van der Waals surface area contributed by atoms with E-state index in [0.717, 1.165) is 0 Å². The fourth-order valence-electron chi connectivity index (χ4n) is 1.63. The molecule has 1 aliphatic heterocycles. The molecule has 68 valence electrons. The van der Waals surface area contributed by atoms with Gasteiger partial charge in [0.15, 0.2) is 0 Å².